The van der Waals surface area contributed by atoms with E-state index in [-0.39, 0.29) is 12.4 Å². The molecule has 0 saturated carbocycles. The van der Waals surface area contributed by atoms with Crippen LogP contribution in [0.5, 0.6) is 0 Å². The molecule has 2 rings (SSSR count). The van der Waals surface area contributed by atoms with Crippen molar-refractivity contribution in [2.45, 2.75) is 20.8 Å². The van der Waals surface area contributed by atoms with Crippen molar-refractivity contribution in [3.05, 3.63) is 63.4 Å². The Labute approximate surface area is 172 Å². The average Bonchev–Trinajstić information content (AvgIpc) is 2.95. The zero-order chi connectivity index (χ0) is 20.8. The van der Waals surface area contributed by atoms with Gasteiger partial charge in [-0.1, -0.05) is 23.2 Å². The summed E-state index contributed by atoms with van der Waals surface area (Å²) in [5.74, 6) is -1.83. The van der Waals surface area contributed by atoms with E-state index < -0.39 is 18.5 Å². The predicted molar refractivity (Wildman–Crippen MR) is 106 cm³/mol. The number of esters is 2. The molecule has 0 fully saturated rings. The van der Waals surface area contributed by atoms with Crippen LogP contribution in [-0.2, 0) is 19.1 Å². The van der Waals surface area contributed by atoms with Crippen molar-refractivity contribution in [2.75, 3.05) is 13.2 Å². The molecule has 0 saturated heterocycles. The number of carbonyl (C=O) groups is 3. The van der Waals surface area contributed by atoms with Crippen LogP contribution in [0.1, 0.15) is 28.7 Å². The van der Waals surface area contributed by atoms with Gasteiger partial charge in [-0.05, 0) is 45.0 Å². The summed E-state index contributed by atoms with van der Waals surface area (Å²) in [5, 5.41) is 0.842. The molecular formula is C20H19Cl2NO5. The number of hydrogen-bond donors (Lipinski definition) is 0. The molecule has 8 heteroatoms. The van der Waals surface area contributed by atoms with E-state index in [0.717, 1.165) is 23.5 Å². The highest BCUT2D eigenvalue weighted by atomic mass is 35.5. The molecule has 1 heterocycles. The minimum atomic E-state index is -0.806. The van der Waals surface area contributed by atoms with Crippen LogP contribution in [0.25, 0.3) is 5.69 Å². The lowest BCUT2D eigenvalue weighted by Crippen LogP contribution is -2.14. The van der Waals surface area contributed by atoms with Gasteiger partial charge in [0, 0.05) is 34.8 Å². The summed E-state index contributed by atoms with van der Waals surface area (Å²) >= 11 is 12.0. The molecule has 28 heavy (non-hydrogen) atoms. The number of hydrogen-bond acceptors (Lipinski definition) is 5. The minimum Gasteiger partial charge on any atom is -0.463 e. The summed E-state index contributed by atoms with van der Waals surface area (Å²) < 4.78 is 11.4. The molecule has 0 unspecified atom stereocenters. The van der Waals surface area contributed by atoms with Crippen molar-refractivity contribution >= 4 is 40.9 Å². The first-order valence-corrected chi connectivity index (χ1v) is 9.19. The number of ether oxygens (including phenoxy) is 2. The molecular weight excluding hydrogens is 405 g/mol. The van der Waals surface area contributed by atoms with Gasteiger partial charge in [0.25, 0.3) is 0 Å². The lowest BCUT2D eigenvalue weighted by Gasteiger charge is -2.11. The van der Waals surface area contributed by atoms with Gasteiger partial charge in [0.1, 0.15) is 0 Å². The Hall–Kier alpha value is -2.57. The van der Waals surface area contributed by atoms with Gasteiger partial charge in [0.05, 0.1) is 16.7 Å². The molecule has 0 aliphatic carbocycles. The molecule has 0 spiro atoms. The van der Waals surface area contributed by atoms with Gasteiger partial charge in [-0.25, -0.2) is 9.59 Å². The number of rotatable bonds is 7. The maximum absolute atomic E-state index is 12.5. The Balaban J connectivity index is 2.11. The number of aryl methyl sites for hydroxylation is 1. The van der Waals surface area contributed by atoms with E-state index in [4.69, 9.17) is 27.9 Å². The first-order valence-electron chi connectivity index (χ1n) is 8.43. The summed E-state index contributed by atoms with van der Waals surface area (Å²) in [6, 6.07) is 6.89. The van der Waals surface area contributed by atoms with Crippen LogP contribution < -0.4 is 0 Å². The zero-order valence-electron chi connectivity index (χ0n) is 15.6. The minimum absolute atomic E-state index is 0.200. The van der Waals surface area contributed by atoms with Gasteiger partial charge >= 0.3 is 11.9 Å². The third-order valence-electron chi connectivity index (χ3n) is 3.88. The van der Waals surface area contributed by atoms with Crippen LogP contribution >= 0.6 is 23.2 Å². The molecule has 148 valence electrons. The molecule has 1 aromatic carbocycles. The Kier molecular flexibility index (Phi) is 7.43. The number of Topliss-reactive ketones (excluding diaryl/α,β-unsaturated/α-hetero) is 1. The van der Waals surface area contributed by atoms with E-state index in [1.165, 1.54) is 0 Å². The highest BCUT2D eigenvalue weighted by Gasteiger charge is 2.18. The van der Waals surface area contributed by atoms with E-state index in [2.05, 4.69) is 4.74 Å². The first kappa shape index (κ1) is 21.7. The van der Waals surface area contributed by atoms with E-state index >= 15 is 0 Å². The molecule has 2 aromatic rings. The van der Waals surface area contributed by atoms with Crippen LogP contribution in [0.4, 0.5) is 0 Å². The highest BCUT2D eigenvalue weighted by Crippen LogP contribution is 2.27. The topological polar surface area (TPSA) is 74.6 Å². The van der Waals surface area contributed by atoms with Gasteiger partial charge < -0.3 is 14.0 Å². The fourth-order valence-electron chi connectivity index (χ4n) is 2.66. The molecule has 0 aliphatic rings. The standard InChI is InChI=1S/C20H19Cl2NO5/c1-4-27-19(25)7-8-20(26)28-11-18(24)15-9-12(2)23(13(15)3)14-5-6-16(21)17(22)10-14/h5-10H,4,11H2,1-3H3/b8-7+. The van der Waals surface area contributed by atoms with Gasteiger partial charge in [0.15, 0.2) is 6.61 Å². The number of nitrogens with zero attached hydrogens (tertiary/aromatic N) is 1. The fraction of sp³-hybridized carbons (Fsp3) is 0.250. The van der Waals surface area contributed by atoms with Crippen LogP contribution in [0.3, 0.4) is 0 Å². The third kappa shape index (κ3) is 5.24. The van der Waals surface area contributed by atoms with Crippen LogP contribution in [0.2, 0.25) is 10.0 Å². The van der Waals surface area contributed by atoms with E-state index in [9.17, 15) is 14.4 Å². The summed E-state index contributed by atoms with van der Waals surface area (Å²) in [6.45, 7) is 5.03. The second-order valence-corrected chi connectivity index (χ2v) is 6.65. The molecule has 1 aromatic heterocycles. The molecule has 0 amide bonds. The fourth-order valence-corrected chi connectivity index (χ4v) is 2.95. The summed E-state index contributed by atoms with van der Waals surface area (Å²) in [6.07, 6.45) is 1.87. The van der Waals surface area contributed by atoms with Crippen molar-refractivity contribution in [3.8, 4) is 5.69 Å². The largest absolute Gasteiger partial charge is 0.463 e. The number of aromatic nitrogens is 1. The quantitative estimate of drug-likeness (QED) is 0.378. The third-order valence-corrected chi connectivity index (χ3v) is 4.62. The van der Waals surface area contributed by atoms with Crippen LogP contribution in [0.15, 0.2) is 36.4 Å². The molecule has 0 N–H and O–H groups in total. The van der Waals surface area contributed by atoms with Crippen molar-refractivity contribution in [1.29, 1.82) is 0 Å². The van der Waals surface area contributed by atoms with Gasteiger partial charge in [0.2, 0.25) is 5.78 Å². The van der Waals surface area contributed by atoms with Gasteiger partial charge in [-0.15, -0.1) is 0 Å². The highest BCUT2D eigenvalue weighted by molar-refractivity contribution is 6.42. The Bertz CT molecular complexity index is 946. The normalized spacial score (nSPS) is 10.9. The van der Waals surface area contributed by atoms with Crippen molar-refractivity contribution < 1.29 is 23.9 Å². The Morgan fingerprint density at radius 3 is 2.25 bits per heavy atom. The van der Waals surface area contributed by atoms with Gasteiger partial charge in [-0.3, -0.25) is 4.79 Å². The second kappa shape index (κ2) is 9.57. The van der Waals surface area contributed by atoms with E-state index in [1.807, 2.05) is 11.5 Å². The maximum atomic E-state index is 12.5. The lowest BCUT2D eigenvalue weighted by molar-refractivity contribution is -0.139. The number of benzene rings is 1. The first-order chi connectivity index (χ1) is 13.2. The molecule has 0 bridgehead atoms. The lowest BCUT2D eigenvalue weighted by atomic mass is 10.1. The summed E-state index contributed by atoms with van der Waals surface area (Å²) in [5.41, 5.74) is 2.68. The number of ketones is 1. The van der Waals surface area contributed by atoms with Gasteiger partial charge in [-0.2, -0.15) is 0 Å². The average molecular weight is 424 g/mol. The van der Waals surface area contributed by atoms with E-state index in [1.54, 1.807) is 38.1 Å². The SMILES string of the molecule is CCOC(=O)/C=C/C(=O)OCC(=O)c1cc(C)n(-c2ccc(Cl)c(Cl)c2)c1C. The Morgan fingerprint density at radius 1 is 1.00 bits per heavy atom. The number of halogens is 2. The molecule has 0 radical (unpaired) electrons. The second-order valence-electron chi connectivity index (χ2n) is 5.83. The Morgan fingerprint density at radius 2 is 1.64 bits per heavy atom. The smallest absolute Gasteiger partial charge is 0.331 e. The molecule has 0 atom stereocenters. The van der Waals surface area contributed by atoms with Crippen molar-refractivity contribution in [3.63, 3.8) is 0 Å². The summed E-state index contributed by atoms with van der Waals surface area (Å²) in [7, 11) is 0. The van der Waals surface area contributed by atoms with Crippen LogP contribution in [-0.4, -0.2) is 35.5 Å². The monoisotopic (exact) mass is 423 g/mol. The maximum Gasteiger partial charge on any atom is 0.331 e. The summed E-state index contributed by atoms with van der Waals surface area (Å²) in [4.78, 5) is 35.3. The van der Waals surface area contributed by atoms with Crippen LogP contribution in [0, 0.1) is 13.8 Å². The molecule has 0 aliphatic heterocycles. The zero-order valence-corrected chi connectivity index (χ0v) is 17.1. The van der Waals surface area contributed by atoms with Crippen molar-refractivity contribution in [2.24, 2.45) is 0 Å². The predicted octanol–water partition coefficient (Wildman–Crippen LogP) is 4.25. The van der Waals surface area contributed by atoms with E-state index in [0.29, 0.717) is 21.3 Å². The number of carbonyl (C=O) groups excluding carboxylic acids is 3. The molecule has 6 nitrogen and oxygen atoms in total. The van der Waals surface area contributed by atoms with Crippen molar-refractivity contribution in [1.82, 2.24) is 4.57 Å².